The highest BCUT2D eigenvalue weighted by atomic mass is 79.9. The average molecular weight is 570 g/mol. The van der Waals surface area contributed by atoms with Crippen molar-refractivity contribution in [2.24, 2.45) is 5.10 Å². The summed E-state index contributed by atoms with van der Waals surface area (Å²) in [5.41, 5.74) is 2.94. The molecule has 0 saturated carbocycles. The number of nitrogens with one attached hydrogen (secondary N) is 2. The van der Waals surface area contributed by atoms with Crippen molar-refractivity contribution in [1.29, 1.82) is 0 Å². The van der Waals surface area contributed by atoms with E-state index in [4.69, 9.17) is 39.5 Å². The van der Waals surface area contributed by atoms with Gasteiger partial charge in [0.2, 0.25) is 0 Å². The van der Waals surface area contributed by atoms with Crippen LogP contribution in [0, 0.1) is 0 Å². The van der Waals surface area contributed by atoms with Crippen LogP contribution in [0.4, 0.5) is 5.69 Å². The van der Waals surface area contributed by atoms with E-state index in [0.29, 0.717) is 25.6 Å². The van der Waals surface area contributed by atoms with E-state index in [1.165, 1.54) is 30.5 Å². The van der Waals surface area contributed by atoms with Gasteiger partial charge in [0.1, 0.15) is 5.75 Å². The lowest BCUT2D eigenvalue weighted by molar-refractivity contribution is -0.136. The van der Waals surface area contributed by atoms with Crippen LogP contribution in [0.3, 0.4) is 0 Å². The van der Waals surface area contributed by atoms with Crippen LogP contribution in [0.1, 0.15) is 15.9 Å². The first-order chi connectivity index (χ1) is 15.7. The van der Waals surface area contributed by atoms with Crippen LogP contribution < -0.4 is 15.5 Å². The monoisotopic (exact) mass is 567 g/mol. The maximum Gasteiger partial charge on any atom is 0.343 e. The number of carbonyl (C=O) groups excluding carboxylic acids is 3. The van der Waals surface area contributed by atoms with Crippen molar-refractivity contribution in [3.63, 3.8) is 0 Å². The van der Waals surface area contributed by atoms with Crippen LogP contribution in [0.5, 0.6) is 5.75 Å². The zero-order valence-corrected chi connectivity index (χ0v) is 20.3. The Balaban J connectivity index is 1.67. The molecule has 2 amide bonds. The second-order valence-electron chi connectivity index (χ2n) is 6.36. The highest BCUT2D eigenvalue weighted by molar-refractivity contribution is 9.10. The number of nitrogens with zero attached hydrogens (tertiary/aromatic N) is 1. The standard InChI is InChI=1S/C22H13BrCl3N3O4/c23-14-3-8-19(33-22(32)12-1-4-15(24)5-2-12)13(9-14)11-27-29-21(31)20(30)28-18-10-16(25)6-7-17(18)26/h1-11H,(H,28,30)(H,29,31). The van der Waals surface area contributed by atoms with Crippen LogP contribution in [0.2, 0.25) is 15.1 Å². The maximum atomic E-state index is 12.4. The van der Waals surface area contributed by atoms with Crippen molar-refractivity contribution in [2.75, 3.05) is 5.32 Å². The Morgan fingerprint density at radius 2 is 1.58 bits per heavy atom. The Hall–Kier alpha value is -2.91. The zero-order chi connectivity index (χ0) is 24.0. The molecule has 0 aliphatic rings. The summed E-state index contributed by atoms with van der Waals surface area (Å²) < 4.78 is 6.10. The third-order valence-electron chi connectivity index (χ3n) is 4.01. The van der Waals surface area contributed by atoms with Crippen LogP contribution in [0.25, 0.3) is 0 Å². The third-order valence-corrected chi connectivity index (χ3v) is 5.32. The van der Waals surface area contributed by atoms with E-state index in [1.54, 1.807) is 36.4 Å². The SMILES string of the molecule is O=C(NN=Cc1cc(Br)ccc1OC(=O)c1ccc(Cl)cc1)C(=O)Nc1cc(Cl)ccc1Cl. The average Bonchev–Trinajstić information content (AvgIpc) is 2.78. The molecule has 0 unspecified atom stereocenters. The van der Waals surface area contributed by atoms with Gasteiger partial charge >= 0.3 is 17.8 Å². The fourth-order valence-electron chi connectivity index (χ4n) is 2.44. The Bertz CT molecular complexity index is 1250. The molecule has 0 heterocycles. The van der Waals surface area contributed by atoms with Crippen LogP contribution in [-0.4, -0.2) is 24.0 Å². The first-order valence-electron chi connectivity index (χ1n) is 9.09. The van der Waals surface area contributed by atoms with Gasteiger partial charge in [0, 0.05) is 20.1 Å². The van der Waals surface area contributed by atoms with Crippen LogP contribution in [-0.2, 0) is 9.59 Å². The lowest BCUT2D eigenvalue weighted by Crippen LogP contribution is -2.32. The molecular formula is C22H13BrCl3N3O4. The number of carbonyl (C=O) groups is 3. The number of amides is 2. The first-order valence-corrected chi connectivity index (χ1v) is 11.0. The molecule has 3 rings (SSSR count). The summed E-state index contributed by atoms with van der Waals surface area (Å²) in [7, 11) is 0. The zero-order valence-electron chi connectivity index (χ0n) is 16.4. The molecule has 3 aromatic rings. The van der Waals surface area contributed by atoms with Crippen molar-refractivity contribution in [3.05, 3.63) is 91.3 Å². The predicted octanol–water partition coefficient (Wildman–Crippen LogP) is 5.72. The molecule has 0 bridgehead atoms. The predicted molar refractivity (Wildman–Crippen MR) is 131 cm³/mol. The van der Waals surface area contributed by atoms with Crippen molar-refractivity contribution < 1.29 is 19.1 Å². The normalized spacial score (nSPS) is 10.7. The summed E-state index contributed by atoms with van der Waals surface area (Å²) in [6.45, 7) is 0. The van der Waals surface area contributed by atoms with E-state index in [-0.39, 0.29) is 16.5 Å². The number of hydrogen-bond acceptors (Lipinski definition) is 5. The molecule has 0 atom stereocenters. The van der Waals surface area contributed by atoms with Crippen LogP contribution in [0.15, 0.2) is 70.2 Å². The molecule has 0 aromatic heterocycles. The molecule has 7 nitrogen and oxygen atoms in total. The summed E-state index contributed by atoms with van der Waals surface area (Å²) >= 11 is 21.0. The van der Waals surface area contributed by atoms with Crippen molar-refractivity contribution in [1.82, 2.24) is 5.43 Å². The van der Waals surface area contributed by atoms with E-state index in [2.05, 4.69) is 31.8 Å². The lowest BCUT2D eigenvalue weighted by atomic mass is 10.2. The number of hydrogen-bond donors (Lipinski definition) is 2. The molecular weight excluding hydrogens is 557 g/mol. The number of halogens is 4. The minimum atomic E-state index is -1.04. The maximum absolute atomic E-state index is 12.4. The fraction of sp³-hybridized carbons (Fsp3) is 0. The molecule has 0 spiro atoms. The van der Waals surface area contributed by atoms with E-state index in [9.17, 15) is 14.4 Å². The number of ether oxygens (including phenoxy) is 1. The smallest absolute Gasteiger partial charge is 0.343 e. The van der Waals surface area contributed by atoms with Gasteiger partial charge in [0.15, 0.2) is 0 Å². The van der Waals surface area contributed by atoms with Gasteiger partial charge in [-0.2, -0.15) is 5.10 Å². The summed E-state index contributed by atoms with van der Waals surface area (Å²) in [5, 5.41) is 7.14. The van der Waals surface area contributed by atoms with Crippen molar-refractivity contribution >= 4 is 80.4 Å². The minimum absolute atomic E-state index is 0.177. The Morgan fingerprint density at radius 1 is 0.879 bits per heavy atom. The Morgan fingerprint density at radius 3 is 2.30 bits per heavy atom. The Kier molecular flexibility index (Phi) is 8.46. The summed E-state index contributed by atoms with van der Waals surface area (Å²) in [5.74, 6) is -2.46. The van der Waals surface area contributed by atoms with Gasteiger partial charge in [-0.05, 0) is 60.7 Å². The molecule has 0 aliphatic carbocycles. The molecule has 0 radical (unpaired) electrons. The number of esters is 1. The van der Waals surface area contributed by atoms with E-state index < -0.39 is 17.8 Å². The summed E-state index contributed by atoms with van der Waals surface area (Å²) in [6.07, 6.45) is 1.23. The van der Waals surface area contributed by atoms with Gasteiger partial charge in [0.25, 0.3) is 0 Å². The van der Waals surface area contributed by atoms with Crippen molar-refractivity contribution in [3.8, 4) is 5.75 Å². The topological polar surface area (TPSA) is 96.9 Å². The van der Waals surface area contributed by atoms with Gasteiger partial charge in [-0.25, -0.2) is 10.2 Å². The number of benzene rings is 3. The molecule has 3 aromatic carbocycles. The highest BCUT2D eigenvalue weighted by Gasteiger charge is 2.15. The third kappa shape index (κ3) is 7.03. The molecule has 0 saturated heterocycles. The van der Waals surface area contributed by atoms with Gasteiger partial charge in [-0.1, -0.05) is 50.7 Å². The van der Waals surface area contributed by atoms with Gasteiger partial charge in [-0.3, -0.25) is 9.59 Å². The quantitative estimate of drug-likeness (QED) is 0.135. The van der Waals surface area contributed by atoms with Gasteiger partial charge in [-0.15, -0.1) is 0 Å². The fourth-order valence-corrected chi connectivity index (χ4v) is 3.28. The molecule has 0 fully saturated rings. The van der Waals surface area contributed by atoms with Crippen LogP contribution >= 0.6 is 50.7 Å². The number of rotatable bonds is 5. The van der Waals surface area contributed by atoms with Crippen molar-refractivity contribution in [2.45, 2.75) is 0 Å². The molecule has 168 valence electrons. The molecule has 11 heteroatoms. The van der Waals surface area contributed by atoms with E-state index in [0.717, 1.165) is 0 Å². The summed E-state index contributed by atoms with van der Waals surface area (Å²) in [6, 6.07) is 15.5. The van der Waals surface area contributed by atoms with E-state index >= 15 is 0 Å². The largest absolute Gasteiger partial charge is 0.422 e. The first kappa shape index (κ1) is 24.7. The Labute approximate surface area is 211 Å². The molecule has 2 N–H and O–H groups in total. The number of hydrazone groups is 1. The van der Waals surface area contributed by atoms with Gasteiger partial charge < -0.3 is 10.1 Å². The van der Waals surface area contributed by atoms with Gasteiger partial charge in [0.05, 0.1) is 22.5 Å². The highest BCUT2D eigenvalue weighted by Crippen LogP contribution is 2.25. The number of anilines is 1. The molecule has 0 aliphatic heterocycles. The molecule has 33 heavy (non-hydrogen) atoms. The second-order valence-corrected chi connectivity index (χ2v) is 8.55. The lowest BCUT2D eigenvalue weighted by Gasteiger charge is -2.08. The summed E-state index contributed by atoms with van der Waals surface area (Å²) in [4.78, 5) is 36.5. The minimum Gasteiger partial charge on any atom is -0.422 e. The van der Waals surface area contributed by atoms with E-state index in [1.807, 2.05) is 0 Å². The second kappa shape index (κ2) is 11.3.